The number of carbonyl (C=O) groups is 2. The molecule has 0 aromatic heterocycles. The standard InChI is InChI=1S/C36H63NO4Si.C36H62O4Si.C2H7NO.ClH/c1-12-42(13-2,14-3)41-30-29-28(23(4)21-25(40-29)31(38)37(10)39-11)33(8)19-20-36-22-35(36)18-17-24(5)32(6,7)26(35)15-16-27(36)34(30,33)9;1-11-38-31(37)25-21-23(5)28-29(39-25)30(40-41(12-2,13-3)14-4)34(10)27-16-15-26-32(7,8)24(6)17-18-35(26)22-36(27,35)20-19-33(28,34)9;1-3-4-2;/h23-30H,12-22H2,1-11H3;23-30H,11-22H2,1-10H3;3H,1-2H3;1H/t2*23-,24?,25?,26+,27+,28?,29?,30+,33-,34-,35-,36?;;/m11../s1. The van der Waals surface area contributed by atoms with Crippen molar-refractivity contribution in [1.29, 1.82) is 0 Å². The van der Waals surface area contributed by atoms with E-state index in [-0.39, 0.29) is 70.4 Å². The third-order valence-electron chi connectivity index (χ3n) is 32.9. The Morgan fingerprint density at radius 3 is 1.24 bits per heavy atom. The third kappa shape index (κ3) is 9.78. The van der Waals surface area contributed by atoms with Gasteiger partial charge in [0.05, 0.1) is 45.2 Å². The van der Waals surface area contributed by atoms with Crippen molar-refractivity contribution < 1.29 is 42.3 Å². The van der Waals surface area contributed by atoms with Crippen molar-refractivity contribution >= 4 is 40.9 Å². The van der Waals surface area contributed by atoms with Crippen LogP contribution in [0.1, 0.15) is 234 Å². The van der Waals surface area contributed by atoms with Gasteiger partial charge in [-0.2, -0.15) is 0 Å². The lowest BCUT2D eigenvalue weighted by molar-refractivity contribution is -0.199. The van der Waals surface area contributed by atoms with Gasteiger partial charge >= 0.3 is 5.97 Å². The summed E-state index contributed by atoms with van der Waals surface area (Å²) in [5.74, 6) is 6.23. The lowest BCUT2D eigenvalue weighted by Crippen LogP contribution is -2.60. The molecule has 1 N–H and O–H groups in total. The zero-order chi connectivity index (χ0) is 63.9. The minimum atomic E-state index is -1.95. The molecule has 12 aliphatic rings. The molecule has 10 aliphatic carbocycles. The minimum Gasteiger partial charge on any atom is -0.464 e. The molecule has 0 bridgehead atoms. The Morgan fingerprint density at radius 1 is 0.534 bits per heavy atom. The number of nitrogens with zero attached hydrogens (tertiary/aromatic N) is 1. The molecular weight excluding hydrogens is 1150 g/mol. The number of nitrogens with one attached hydrogen (secondary N) is 1. The van der Waals surface area contributed by atoms with E-state index in [2.05, 4.69) is 135 Å². The molecule has 0 aromatic carbocycles. The summed E-state index contributed by atoms with van der Waals surface area (Å²) < 4.78 is 35.2. The number of amides is 1. The molecule has 4 spiro atoms. The summed E-state index contributed by atoms with van der Waals surface area (Å²) in [6, 6.07) is 6.93. The molecule has 12 rings (SSSR count). The molecule has 0 aromatic rings. The summed E-state index contributed by atoms with van der Waals surface area (Å²) in [5, 5.41) is 1.37. The summed E-state index contributed by atoms with van der Waals surface area (Å²) in [6.07, 6.45) is 20.2. The van der Waals surface area contributed by atoms with Crippen molar-refractivity contribution in [2.24, 2.45) is 113 Å². The van der Waals surface area contributed by atoms with Crippen LogP contribution in [0.3, 0.4) is 0 Å². The molecule has 11 nitrogen and oxygen atoms in total. The highest BCUT2D eigenvalue weighted by Crippen LogP contribution is 2.92. The highest BCUT2D eigenvalue weighted by Gasteiger charge is 2.87. The first kappa shape index (κ1) is 71.7. The number of carbonyl (C=O) groups excluding carboxylic acids is 2. The normalized spacial score (nSPS) is 48.4. The largest absolute Gasteiger partial charge is 0.464 e. The molecule has 24 atom stereocenters. The Balaban J connectivity index is 0.000000195. The van der Waals surface area contributed by atoms with Crippen LogP contribution in [0, 0.1) is 113 Å². The molecule has 10 saturated carbocycles. The number of ether oxygens (including phenoxy) is 3. The number of halogens is 1. The van der Waals surface area contributed by atoms with Gasteiger partial charge in [-0.05, 0) is 248 Å². The molecule has 0 radical (unpaired) electrons. The first-order chi connectivity index (χ1) is 40.9. The van der Waals surface area contributed by atoms with Crippen LogP contribution < -0.4 is 5.48 Å². The quantitative estimate of drug-likeness (QED) is 0.0966. The van der Waals surface area contributed by atoms with Gasteiger partial charge in [0, 0.05) is 24.9 Å². The lowest BCUT2D eigenvalue weighted by Gasteiger charge is -2.64. The monoisotopic (exact) mass is 1280 g/mol. The van der Waals surface area contributed by atoms with Gasteiger partial charge < -0.3 is 27.9 Å². The average Bonchev–Trinajstić information content (AvgIpc) is 1.47. The molecule has 88 heavy (non-hydrogen) atoms. The smallest absolute Gasteiger partial charge is 0.335 e. The topological polar surface area (TPSA) is 114 Å². The number of likely N-dealkylation sites (N-methyl/N-ethyl adjacent to an activating group) is 1. The van der Waals surface area contributed by atoms with Crippen LogP contribution in [0.4, 0.5) is 0 Å². The highest BCUT2D eigenvalue weighted by atomic mass is 35.5. The maximum atomic E-state index is 13.5. The second kappa shape index (κ2) is 24.8. The molecule has 2 saturated heterocycles. The van der Waals surface area contributed by atoms with Crippen LogP contribution in [-0.2, 0) is 42.3 Å². The van der Waals surface area contributed by atoms with Crippen LogP contribution in [0.15, 0.2) is 0 Å². The molecular formula is C74H133ClN2O9Si2. The number of hydrogen-bond acceptors (Lipinski definition) is 10. The van der Waals surface area contributed by atoms with Crippen LogP contribution in [0.25, 0.3) is 0 Å². The molecule has 508 valence electrons. The van der Waals surface area contributed by atoms with Crippen molar-refractivity contribution in [1.82, 2.24) is 10.5 Å². The Bertz CT molecular complexity index is 2480. The van der Waals surface area contributed by atoms with Gasteiger partial charge in [-0.1, -0.05) is 125 Å². The zero-order valence-corrected chi connectivity index (χ0v) is 63.3. The maximum Gasteiger partial charge on any atom is 0.335 e. The van der Waals surface area contributed by atoms with E-state index < -0.39 is 28.8 Å². The van der Waals surface area contributed by atoms with E-state index in [1.807, 2.05) is 6.92 Å². The van der Waals surface area contributed by atoms with Crippen molar-refractivity contribution in [3.63, 3.8) is 0 Å². The second-order valence-corrected chi connectivity index (χ2v) is 44.1. The summed E-state index contributed by atoms with van der Waals surface area (Å²) in [7, 11) is 2.69. The maximum absolute atomic E-state index is 13.5. The number of hydroxylamine groups is 3. The van der Waals surface area contributed by atoms with Gasteiger partial charge in [-0.3, -0.25) is 9.63 Å². The van der Waals surface area contributed by atoms with Crippen LogP contribution in [0.5, 0.6) is 0 Å². The van der Waals surface area contributed by atoms with Crippen molar-refractivity contribution in [2.75, 3.05) is 34.9 Å². The Hall–Kier alpha value is -0.616. The Kier molecular flexibility index (Phi) is 20.2. The van der Waals surface area contributed by atoms with E-state index in [4.69, 9.17) is 27.9 Å². The van der Waals surface area contributed by atoms with Crippen molar-refractivity contribution in [2.45, 2.75) is 307 Å². The second-order valence-electron chi connectivity index (χ2n) is 34.7. The summed E-state index contributed by atoms with van der Waals surface area (Å²) >= 11 is 0. The fourth-order valence-electron chi connectivity index (χ4n) is 26.6. The van der Waals surface area contributed by atoms with Gasteiger partial charge in [0.15, 0.2) is 22.7 Å². The van der Waals surface area contributed by atoms with Gasteiger partial charge in [0.2, 0.25) is 0 Å². The first-order valence-corrected chi connectivity index (χ1v) is 41.8. The van der Waals surface area contributed by atoms with E-state index >= 15 is 0 Å². The van der Waals surface area contributed by atoms with E-state index in [0.29, 0.717) is 74.6 Å². The molecule has 1 amide bonds. The zero-order valence-electron chi connectivity index (χ0n) is 60.5. The average molecular weight is 1290 g/mol. The molecule has 2 heterocycles. The Labute approximate surface area is 546 Å². The lowest BCUT2D eigenvalue weighted by atomic mass is 9.41. The van der Waals surface area contributed by atoms with E-state index in [0.717, 1.165) is 72.8 Å². The molecule has 12 fully saturated rings. The molecule has 2 aliphatic heterocycles. The third-order valence-corrected chi connectivity index (χ3v) is 42.1. The van der Waals surface area contributed by atoms with Gasteiger partial charge in [0.25, 0.3) is 5.91 Å². The number of fused-ring (bicyclic) bond motifs is 8. The predicted molar refractivity (Wildman–Crippen MR) is 362 cm³/mol. The van der Waals surface area contributed by atoms with E-state index in [9.17, 15) is 9.59 Å². The summed E-state index contributed by atoms with van der Waals surface area (Å²) in [6.45, 7) is 47.5. The summed E-state index contributed by atoms with van der Waals surface area (Å²) in [5.41, 5.74) is 5.78. The number of esters is 1. The highest BCUT2D eigenvalue weighted by molar-refractivity contribution is 6.74. The number of rotatable bonds is 15. The van der Waals surface area contributed by atoms with Gasteiger partial charge in [-0.25, -0.2) is 15.3 Å². The number of hydrogen-bond donors (Lipinski definition) is 1. The molecule has 10 unspecified atom stereocenters. The van der Waals surface area contributed by atoms with Crippen LogP contribution >= 0.6 is 12.4 Å². The van der Waals surface area contributed by atoms with Crippen LogP contribution in [0.2, 0.25) is 36.3 Å². The Morgan fingerprint density at radius 2 is 0.886 bits per heavy atom. The fraction of sp³-hybridized carbons (Fsp3) is 0.973. The fourth-order valence-corrected chi connectivity index (χ4v) is 32.5. The first-order valence-electron chi connectivity index (χ1n) is 36.7. The van der Waals surface area contributed by atoms with E-state index in [1.54, 1.807) is 28.3 Å². The minimum absolute atomic E-state index is 0. The predicted octanol–water partition coefficient (Wildman–Crippen LogP) is 17.7. The van der Waals surface area contributed by atoms with Gasteiger partial charge in [0.1, 0.15) is 6.10 Å². The summed E-state index contributed by atoms with van der Waals surface area (Å²) in [4.78, 5) is 36.2. The molecule has 14 heteroatoms. The van der Waals surface area contributed by atoms with Crippen molar-refractivity contribution in [3.05, 3.63) is 0 Å². The van der Waals surface area contributed by atoms with E-state index in [1.165, 1.54) is 95.0 Å². The van der Waals surface area contributed by atoms with Crippen LogP contribution in [-0.4, -0.2) is 105 Å². The van der Waals surface area contributed by atoms with Gasteiger partial charge in [-0.15, -0.1) is 12.4 Å². The SMILES string of the molecule is CCOC(=O)C1C[C@@H](C)C2C(O1)[C@H](O[Si](CC)(CC)CC)[C@@]1(C)[C@@H]3CC[C@H]4C(C)(C)C(C)CC[C@@]45CC35CC[C@]21C.CC[Si](CC)(CC)O[C@H]1C2OC(C(=O)N(C)OC)C[C@@H](C)C2[C@@]2(C)CCC34C[C@@]35CCC(C)C(C)(C)[C@@H]5CC[C@H]4[C@]12C.CNOC.Cl. The van der Waals surface area contributed by atoms with Crippen molar-refractivity contribution in [3.8, 4) is 0 Å².